The zero-order chi connectivity index (χ0) is 14.1. The lowest BCUT2D eigenvalue weighted by Crippen LogP contribution is -2.61. The third kappa shape index (κ3) is 3.48. The van der Waals surface area contributed by atoms with Gasteiger partial charge in [-0.05, 0) is 32.2 Å². The summed E-state index contributed by atoms with van der Waals surface area (Å²) in [6.07, 6.45) is 2.32. The van der Waals surface area contributed by atoms with Crippen LogP contribution in [-0.4, -0.2) is 67.8 Å². The first-order chi connectivity index (χ1) is 8.92. The van der Waals surface area contributed by atoms with Crippen molar-refractivity contribution < 1.29 is 13.5 Å². The summed E-state index contributed by atoms with van der Waals surface area (Å²) in [6, 6.07) is 0.0436. The molecule has 6 heteroatoms. The highest BCUT2D eigenvalue weighted by Crippen LogP contribution is 2.40. The van der Waals surface area contributed by atoms with Crippen molar-refractivity contribution in [3.63, 3.8) is 0 Å². The van der Waals surface area contributed by atoms with Gasteiger partial charge in [0.05, 0.1) is 23.7 Å². The van der Waals surface area contributed by atoms with Crippen LogP contribution in [-0.2, 0) is 9.84 Å². The average Bonchev–Trinajstić information content (AvgIpc) is 3.15. The minimum atomic E-state index is -2.87. The first-order valence-corrected chi connectivity index (χ1v) is 9.05. The van der Waals surface area contributed by atoms with Crippen molar-refractivity contribution in [1.29, 1.82) is 0 Å². The molecule has 1 saturated carbocycles. The predicted molar refractivity (Wildman–Crippen MR) is 75.9 cm³/mol. The lowest BCUT2D eigenvalue weighted by molar-refractivity contribution is 0.0795. The molecule has 1 saturated heterocycles. The van der Waals surface area contributed by atoms with E-state index >= 15 is 0 Å². The Morgan fingerprint density at radius 3 is 2.58 bits per heavy atom. The van der Waals surface area contributed by atoms with Crippen LogP contribution in [0.15, 0.2) is 0 Å². The molecular formula is C13H26N2O3S. The van der Waals surface area contributed by atoms with Gasteiger partial charge in [0.15, 0.2) is 9.84 Å². The van der Waals surface area contributed by atoms with Crippen LogP contribution in [0, 0.1) is 5.92 Å². The Hall–Kier alpha value is -0.170. The van der Waals surface area contributed by atoms with Gasteiger partial charge in [-0.25, -0.2) is 8.42 Å². The number of sulfone groups is 1. The second-order valence-electron chi connectivity index (χ2n) is 6.05. The van der Waals surface area contributed by atoms with E-state index < -0.39 is 9.84 Å². The summed E-state index contributed by atoms with van der Waals surface area (Å²) in [4.78, 5) is 2.22. The minimum Gasteiger partial charge on any atom is -0.394 e. The van der Waals surface area contributed by atoms with E-state index in [0.717, 1.165) is 25.9 Å². The van der Waals surface area contributed by atoms with Gasteiger partial charge in [0, 0.05) is 19.1 Å². The minimum absolute atomic E-state index is 0.0436. The molecule has 19 heavy (non-hydrogen) atoms. The van der Waals surface area contributed by atoms with Gasteiger partial charge >= 0.3 is 0 Å². The Morgan fingerprint density at radius 2 is 2.11 bits per heavy atom. The number of hydrogen-bond donors (Lipinski definition) is 2. The van der Waals surface area contributed by atoms with Crippen LogP contribution in [0.1, 0.15) is 26.7 Å². The summed E-state index contributed by atoms with van der Waals surface area (Å²) in [6.45, 7) is 6.32. The maximum absolute atomic E-state index is 11.6. The van der Waals surface area contributed by atoms with E-state index in [-0.39, 0.29) is 29.7 Å². The highest BCUT2D eigenvalue weighted by molar-refractivity contribution is 7.91. The molecule has 2 N–H and O–H groups in total. The molecule has 112 valence electrons. The largest absolute Gasteiger partial charge is 0.394 e. The maximum Gasteiger partial charge on any atom is 0.153 e. The molecule has 2 rings (SSSR count). The number of nitrogens with zero attached hydrogens (tertiary/aromatic N) is 1. The normalized spacial score (nSPS) is 31.0. The molecule has 1 aliphatic carbocycles. The van der Waals surface area contributed by atoms with Crippen molar-refractivity contribution in [3.05, 3.63) is 0 Å². The van der Waals surface area contributed by atoms with Gasteiger partial charge in [-0.2, -0.15) is 0 Å². The van der Waals surface area contributed by atoms with E-state index in [0.29, 0.717) is 12.5 Å². The fraction of sp³-hybridized carbons (Fsp3) is 1.00. The Balaban J connectivity index is 2.05. The molecule has 2 atom stereocenters. The van der Waals surface area contributed by atoms with Crippen molar-refractivity contribution in [2.24, 2.45) is 5.92 Å². The summed E-state index contributed by atoms with van der Waals surface area (Å²) >= 11 is 0. The molecule has 0 radical (unpaired) electrons. The van der Waals surface area contributed by atoms with E-state index in [2.05, 4.69) is 17.1 Å². The quantitative estimate of drug-likeness (QED) is 0.712. The topological polar surface area (TPSA) is 69.6 Å². The first-order valence-electron chi connectivity index (χ1n) is 7.23. The number of likely N-dealkylation sites (N-methyl/N-ethyl adjacent to an activating group) is 1. The fourth-order valence-corrected chi connectivity index (χ4v) is 4.81. The lowest BCUT2D eigenvalue weighted by Gasteiger charge is -2.42. The van der Waals surface area contributed by atoms with Crippen molar-refractivity contribution in [2.75, 3.05) is 37.7 Å². The lowest BCUT2D eigenvalue weighted by atomic mass is 9.92. The Labute approximate surface area is 116 Å². The highest BCUT2D eigenvalue weighted by Gasteiger charge is 2.46. The van der Waals surface area contributed by atoms with Crippen molar-refractivity contribution in [2.45, 2.75) is 38.3 Å². The van der Waals surface area contributed by atoms with Crippen LogP contribution < -0.4 is 5.32 Å². The Bertz CT molecular complexity index is 408. The van der Waals surface area contributed by atoms with Crippen LogP contribution in [0.4, 0.5) is 0 Å². The van der Waals surface area contributed by atoms with Crippen LogP contribution in [0.2, 0.25) is 0 Å². The summed E-state index contributed by atoms with van der Waals surface area (Å²) in [5, 5.41) is 13.3. The standard InChI is InChI=1S/C13H26N2O3S/c1-3-14-13(10-16,12-4-5-12)9-15-6-7-19(17,18)8-11(15)2/h11-12,14,16H,3-10H2,1-2H3. The molecule has 2 aliphatic rings. The third-order valence-corrected chi connectivity index (χ3v) is 6.26. The molecular weight excluding hydrogens is 264 g/mol. The number of rotatable bonds is 6. The van der Waals surface area contributed by atoms with E-state index in [1.54, 1.807) is 0 Å². The van der Waals surface area contributed by atoms with Crippen LogP contribution >= 0.6 is 0 Å². The molecule has 2 fully saturated rings. The predicted octanol–water partition coefficient (Wildman–Crippen LogP) is -0.144. The van der Waals surface area contributed by atoms with E-state index in [9.17, 15) is 13.5 Å². The number of hydrogen-bond acceptors (Lipinski definition) is 5. The monoisotopic (exact) mass is 290 g/mol. The molecule has 0 aromatic heterocycles. The molecule has 1 aliphatic heterocycles. The molecule has 5 nitrogen and oxygen atoms in total. The smallest absolute Gasteiger partial charge is 0.153 e. The summed E-state index contributed by atoms with van der Waals surface area (Å²) < 4.78 is 23.2. The second kappa shape index (κ2) is 5.68. The fourth-order valence-electron chi connectivity index (χ4n) is 3.18. The summed E-state index contributed by atoms with van der Waals surface area (Å²) in [5.74, 6) is 1.02. The zero-order valence-electron chi connectivity index (χ0n) is 11.9. The van der Waals surface area contributed by atoms with E-state index in [4.69, 9.17) is 0 Å². The Morgan fingerprint density at radius 1 is 1.42 bits per heavy atom. The molecule has 0 spiro atoms. The van der Waals surface area contributed by atoms with Gasteiger partial charge in [-0.3, -0.25) is 4.90 Å². The van der Waals surface area contributed by atoms with Gasteiger partial charge in [0.1, 0.15) is 0 Å². The van der Waals surface area contributed by atoms with Gasteiger partial charge in [0.2, 0.25) is 0 Å². The number of nitrogens with one attached hydrogen (secondary N) is 1. The first kappa shape index (κ1) is 15.2. The van der Waals surface area contributed by atoms with E-state index in [1.165, 1.54) is 0 Å². The van der Waals surface area contributed by atoms with Gasteiger partial charge in [0.25, 0.3) is 0 Å². The molecule has 0 amide bonds. The molecule has 0 aromatic rings. The molecule has 0 aromatic carbocycles. The highest BCUT2D eigenvalue weighted by atomic mass is 32.2. The summed E-state index contributed by atoms with van der Waals surface area (Å²) in [7, 11) is -2.87. The van der Waals surface area contributed by atoms with Crippen LogP contribution in [0.5, 0.6) is 0 Å². The zero-order valence-corrected chi connectivity index (χ0v) is 12.7. The number of aliphatic hydroxyl groups is 1. The number of aliphatic hydroxyl groups excluding tert-OH is 1. The average molecular weight is 290 g/mol. The Kier molecular flexibility index (Phi) is 4.55. The molecule has 2 unspecified atom stereocenters. The van der Waals surface area contributed by atoms with Gasteiger partial charge < -0.3 is 10.4 Å². The van der Waals surface area contributed by atoms with Crippen LogP contribution in [0.3, 0.4) is 0 Å². The van der Waals surface area contributed by atoms with Crippen LogP contribution in [0.25, 0.3) is 0 Å². The van der Waals surface area contributed by atoms with Gasteiger partial charge in [-0.1, -0.05) is 6.92 Å². The second-order valence-corrected chi connectivity index (χ2v) is 8.28. The summed E-state index contributed by atoms with van der Waals surface area (Å²) in [5.41, 5.74) is -0.246. The van der Waals surface area contributed by atoms with Crippen molar-refractivity contribution in [3.8, 4) is 0 Å². The van der Waals surface area contributed by atoms with Crippen molar-refractivity contribution >= 4 is 9.84 Å². The molecule has 1 heterocycles. The third-order valence-electron chi connectivity index (χ3n) is 4.46. The SMILES string of the molecule is CCNC(CO)(CN1CCS(=O)(=O)CC1C)C1CC1. The van der Waals surface area contributed by atoms with Crippen molar-refractivity contribution in [1.82, 2.24) is 10.2 Å². The van der Waals surface area contributed by atoms with E-state index in [1.807, 2.05) is 6.92 Å². The molecule has 0 bridgehead atoms. The maximum atomic E-state index is 11.6. The van der Waals surface area contributed by atoms with Gasteiger partial charge in [-0.15, -0.1) is 0 Å².